The van der Waals surface area contributed by atoms with E-state index in [1.807, 2.05) is 36.5 Å². The fourth-order valence-corrected chi connectivity index (χ4v) is 2.35. The summed E-state index contributed by atoms with van der Waals surface area (Å²) in [4.78, 5) is 8.54. The average molecular weight is 331 g/mol. The van der Waals surface area contributed by atoms with Crippen molar-refractivity contribution in [2.24, 2.45) is 4.99 Å². The Labute approximate surface area is 143 Å². The average Bonchev–Trinajstić information content (AvgIpc) is 2.59. The van der Waals surface area contributed by atoms with E-state index in [9.17, 15) is 0 Å². The Bertz CT molecular complexity index is 596. The lowest BCUT2D eigenvalue weighted by molar-refractivity contribution is 0.736. The first-order valence-electron chi connectivity index (χ1n) is 7.87. The van der Waals surface area contributed by atoms with Gasteiger partial charge in [-0.3, -0.25) is 9.98 Å². The summed E-state index contributed by atoms with van der Waals surface area (Å²) >= 11 is 5.89. The molecule has 0 spiro atoms. The van der Waals surface area contributed by atoms with Gasteiger partial charge < -0.3 is 10.6 Å². The van der Waals surface area contributed by atoms with E-state index in [1.165, 1.54) is 5.56 Å². The molecule has 0 atom stereocenters. The maximum absolute atomic E-state index is 5.89. The molecule has 2 aromatic rings. The minimum atomic E-state index is 0.782. The first-order chi connectivity index (χ1) is 11.3. The van der Waals surface area contributed by atoms with Crippen molar-refractivity contribution < 1.29 is 0 Å². The third-order valence-corrected chi connectivity index (χ3v) is 3.72. The first-order valence-corrected chi connectivity index (χ1v) is 8.24. The number of hydrogen-bond acceptors (Lipinski definition) is 2. The monoisotopic (exact) mass is 330 g/mol. The molecular formula is C18H23ClN4. The summed E-state index contributed by atoms with van der Waals surface area (Å²) in [7, 11) is 1.79. The number of aryl methyl sites for hydroxylation is 1. The van der Waals surface area contributed by atoms with Gasteiger partial charge in [0.25, 0.3) is 0 Å². The number of rotatable bonds is 7. The van der Waals surface area contributed by atoms with E-state index in [-0.39, 0.29) is 0 Å². The predicted octanol–water partition coefficient (Wildman–Crippen LogP) is 3.08. The summed E-state index contributed by atoms with van der Waals surface area (Å²) in [5.41, 5.74) is 2.38. The Morgan fingerprint density at radius 2 is 1.83 bits per heavy atom. The Morgan fingerprint density at radius 1 is 1.04 bits per heavy atom. The smallest absolute Gasteiger partial charge is 0.190 e. The molecule has 0 saturated carbocycles. The van der Waals surface area contributed by atoms with E-state index in [4.69, 9.17) is 11.6 Å². The summed E-state index contributed by atoms with van der Waals surface area (Å²) in [5, 5.41) is 7.42. The van der Waals surface area contributed by atoms with Crippen molar-refractivity contribution in [2.75, 3.05) is 20.1 Å². The van der Waals surface area contributed by atoms with Crippen LogP contribution in [0.1, 0.15) is 17.7 Å². The van der Waals surface area contributed by atoms with Crippen molar-refractivity contribution in [3.05, 3.63) is 64.9 Å². The van der Waals surface area contributed by atoms with Crippen molar-refractivity contribution in [3.63, 3.8) is 0 Å². The zero-order valence-electron chi connectivity index (χ0n) is 13.4. The second-order valence-corrected chi connectivity index (χ2v) is 5.66. The maximum atomic E-state index is 5.89. The molecule has 0 amide bonds. The van der Waals surface area contributed by atoms with Gasteiger partial charge in [-0.2, -0.15) is 0 Å². The molecule has 1 heterocycles. The number of aliphatic imine (C=N–C) groups is 1. The highest BCUT2D eigenvalue weighted by Gasteiger charge is 1.99. The van der Waals surface area contributed by atoms with E-state index in [2.05, 4.69) is 32.7 Å². The third kappa shape index (κ3) is 6.70. The minimum absolute atomic E-state index is 0.782. The van der Waals surface area contributed by atoms with Gasteiger partial charge in [-0.05, 0) is 42.7 Å². The van der Waals surface area contributed by atoms with Gasteiger partial charge in [0.05, 0.1) is 0 Å². The van der Waals surface area contributed by atoms with Crippen molar-refractivity contribution in [1.82, 2.24) is 15.6 Å². The summed E-state index contributed by atoms with van der Waals surface area (Å²) < 4.78 is 0. The van der Waals surface area contributed by atoms with Crippen LogP contribution in [0.5, 0.6) is 0 Å². The minimum Gasteiger partial charge on any atom is -0.356 e. The van der Waals surface area contributed by atoms with Gasteiger partial charge in [-0.1, -0.05) is 29.8 Å². The van der Waals surface area contributed by atoms with Crippen LogP contribution in [0.3, 0.4) is 0 Å². The second kappa shape index (κ2) is 9.85. The van der Waals surface area contributed by atoms with Crippen LogP contribution in [0.25, 0.3) is 0 Å². The largest absolute Gasteiger partial charge is 0.356 e. The Balaban J connectivity index is 1.62. The molecule has 0 fully saturated rings. The second-order valence-electron chi connectivity index (χ2n) is 5.23. The number of hydrogen-bond donors (Lipinski definition) is 2. The lowest BCUT2D eigenvalue weighted by Crippen LogP contribution is -2.38. The summed E-state index contributed by atoms with van der Waals surface area (Å²) in [6, 6.07) is 14.0. The van der Waals surface area contributed by atoms with Crippen molar-refractivity contribution >= 4 is 17.6 Å². The molecule has 2 N–H and O–H groups in total. The van der Waals surface area contributed by atoms with Gasteiger partial charge in [-0.15, -0.1) is 0 Å². The predicted molar refractivity (Wildman–Crippen MR) is 97.1 cm³/mol. The van der Waals surface area contributed by atoms with Crippen LogP contribution in [0, 0.1) is 0 Å². The maximum Gasteiger partial charge on any atom is 0.190 e. The van der Waals surface area contributed by atoms with E-state index in [0.717, 1.165) is 49.0 Å². The Morgan fingerprint density at radius 3 is 2.52 bits per heavy atom. The Hall–Kier alpha value is -2.07. The van der Waals surface area contributed by atoms with Crippen LogP contribution in [0.15, 0.2) is 53.7 Å². The molecule has 0 aliphatic rings. The standard InChI is InChI=1S/C18H23ClN4/c1-20-18(23-14-11-17-6-2-3-12-21-17)22-13-4-5-15-7-9-16(19)10-8-15/h2-3,6-10,12H,4-5,11,13-14H2,1H3,(H2,20,22,23). The normalized spacial score (nSPS) is 11.3. The van der Waals surface area contributed by atoms with Crippen LogP contribution >= 0.6 is 11.6 Å². The molecule has 1 aromatic carbocycles. The zero-order chi connectivity index (χ0) is 16.3. The SMILES string of the molecule is CN=C(NCCCc1ccc(Cl)cc1)NCCc1ccccn1. The van der Waals surface area contributed by atoms with Gasteiger partial charge in [0, 0.05) is 43.5 Å². The highest BCUT2D eigenvalue weighted by atomic mass is 35.5. The van der Waals surface area contributed by atoms with E-state index < -0.39 is 0 Å². The topological polar surface area (TPSA) is 49.3 Å². The van der Waals surface area contributed by atoms with Crippen LogP contribution in [-0.4, -0.2) is 31.1 Å². The molecule has 0 aliphatic carbocycles. The molecule has 5 heteroatoms. The molecule has 0 radical (unpaired) electrons. The molecule has 1 aromatic heterocycles. The lowest BCUT2D eigenvalue weighted by atomic mass is 10.1. The molecule has 2 rings (SSSR count). The van der Waals surface area contributed by atoms with Crippen molar-refractivity contribution in [1.29, 1.82) is 0 Å². The van der Waals surface area contributed by atoms with Crippen LogP contribution < -0.4 is 10.6 Å². The summed E-state index contributed by atoms with van der Waals surface area (Å²) in [6.07, 6.45) is 4.77. The number of halogens is 1. The van der Waals surface area contributed by atoms with Crippen molar-refractivity contribution in [2.45, 2.75) is 19.3 Å². The molecule has 0 bridgehead atoms. The fourth-order valence-electron chi connectivity index (χ4n) is 2.23. The van der Waals surface area contributed by atoms with Gasteiger partial charge >= 0.3 is 0 Å². The number of nitrogens with one attached hydrogen (secondary N) is 2. The van der Waals surface area contributed by atoms with E-state index in [0.29, 0.717) is 0 Å². The van der Waals surface area contributed by atoms with Gasteiger partial charge in [0.15, 0.2) is 5.96 Å². The molecular weight excluding hydrogens is 308 g/mol. The highest BCUT2D eigenvalue weighted by Crippen LogP contribution is 2.10. The number of benzene rings is 1. The number of pyridine rings is 1. The molecule has 23 heavy (non-hydrogen) atoms. The van der Waals surface area contributed by atoms with Crippen LogP contribution in [-0.2, 0) is 12.8 Å². The molecule has 122 valence electrons. The molecule has 4 nitrogen and oxygen atoms in total. The number of aromatic nitrogens is 1. The molecule has 0 saturated heterocycles. The van der Waals surface area contributed by atoms with E-state index >= 15 is 0 Å². The van der Waals surface area contributed by atoms with E-state index in [1.54, 1.807) is 7.05 Å². The van der Waals surface area contributed by atoms with Crippen LogP contribution in [0.2, 0.25) is 5.02 Å². The summed E-state index contributed by atoms with van der Waals surface area (Å²) in [6.45, 7) is 1.69. The number of nitrogens with zero attached hydrogens (tertiary/aromatic N) is 2. The Kier molecular flexibility index (Phi) is 7.40. The highest BCUT2D eigenvalue weighted by molar-refractivity contribution is 6.30. The van der Waals surface area contributed by atoms with Gasteiger partial charge in [0.1, 0.15) is 0 Å². The van der Waals surface area contributed by atoms with Gasteiger partial charge in [-0.25, -0.2) is 0 Å². The number of guanidine groups is 1. The lowest BCUT2D eigenvalue weighted by Gasteiger charge is -2.11. The van der Waals surface area contributed by atoms with Crippen LogP contribution in [0.4, 0.5) is 0 Å². The fraction of sp³-hybridized carbons (Fsp3) is 0.333. The molecule has 0 aliphatic heterocycles. The van der Waals surface area contributed by atoms with Gasteiger partial charge in [0.2, 0.25) is 0 Å². The quantitative estimate of drug-likeness (QED) is 0.466. The van der Waals surface area contributed by atoms with Crippen molar-refractivity contribution in [3.8, 4) is 0 Å². The molecule has 0 unspecified atom stereocenters. The first kappa shape index (κ1) is 17.3. The third-order valence-electron chi connectivity index (χ3n) is 3.47. The zero-order valence-corrected chi connectivity index (χ0v) is 14.2. The summed E-state index contributed by atoms with van der Waals surface area (Å²) in [5.74, 6) is 0.831.